The molecule has 0 aromatic rings. The van der Waals surface area contributed by atoms with E-state index in [2.05, 4.69) is 25.7 Å². The fourth-order valence-corrected chi connectivity index (χ4v) is 1.55. The zero-order valence-corrected chi connectivity index (χ0v) is 9.25. The zero-order chi connectivity index (χ0) is 10.1. The Labute approximate surface area is 82.3 Å². The average molecular weight is 185 g/mol. The molecule has 0 aromatic heterocycles. The Hall–Kier alpha value is -0.370. The van der Waals surface area contributed by atoms with Crippen molar-refractivity contribution in [2.75, 3.05) is 13.1 Å². The van der Waals surface area contributed by atoms with Gasteiger partial charge in [-0.2, -0.15) is 0 Å². The van der Waals surface area contributed by atoms with E-state index in [0.717, 1.165) is 32.2 Å². The standard InChI is InChI=1S/C11H23NO/c1-4-7-9-12(6-3)11(10-13)8-5-2/h10-11H,4-9H2,1-3H3. The molecule has 0 aliphatic carbocycles. The molecule has 0 N–H and O–H groups in total. The third-order valence-electron chi connectivity index (χ3n) is 2.42. The molecule has 0 saturated heterocycles. The van der Waals surface area contributed by atoms with Gasteiger partial charge in [-0.3, -0.25) is 4.90 Å². The maximum Gasteiger partial charge on any atom is 0.137 e. The number of likely N-dealkylation sites (N-methyl/N-ethyl adjacent to an activating group) is 1. The van der Waals surface area contributed by atoms with E-state index in [-0.39, 0.29) is 6.04 Å². The predicted molar refractivity (Wildman–Crippen MR) is 56.9 cm³/mol. The fraction of sp³-hybridized carbons (Fsp3) is 0.909. The van der Waals surface area contributed by atoms with Gasteiger partial charge in [-0.05, 0) is 25.9 Å². The molecule has 1 atom stereocenters. The first-order valence-corrected chi connectivity index (χ1v) is 5.49. The summed E-state index contributed by atoms with van der Waals surface area (Å²) in [5.41, 5.74) is 0. The zero-order valence-electron chi connectivity index (χ0n) is 9.25. The van der Waals surface area contributed by atoms with E-state index in [1.54, 1.807) is 0 Å². The highest BCUT2D eigenvalue weighted by atomic mass is 16.1. The van der Waals surface area contributed by atoms with Gasteiger partial charge in [0.15, 0.2) is 0 Å². The van der Waals surface area contributed by atoms with Crippen LogP contribution in [-0.2, 0) is 4.79 Å². The molecule has 13 heavy (non-hydrogen) atoms. The van der Waals surface area contributed by atoms with E-state index in [1.165, 1.54) is 12.8 Å². The quantitative estimate of drug-likeness (QED) is 0.541. The van der Waals surface area contributed by atoms with Crippen LogP contribution in [0.1, 0.15) is 46.5 Å². The number of aldehydes is 1. The monoisotopic (exact) mass is 185 g/mol. The highest BCUT2D eigenvalue weighted by molar-refractivity contribution is 5.57. The Kier molecular flexibility index (Phi) is 8.00. The highest BCUT2D eigenvalue weighted by Crippen LogP contribution is 2.06. The molecule has 78 valence electrons. The van der Waals surface area contributed by atoms with Crippen LogP contribution < -0.4 is 0 Å². The molecule has 0 aliphatic rings. The Morgan fingerprint density at radius 1 is 1.23 bits per heavy atom. The number of hydrogen-bond donors (Lipinski definition) is 0. The normalized spacial score (nSPS) is 13.2. The Morgan fingerprint density at radius 3 is 2.31 bits per heavy atom. The first kappa shape index (κ1) is 12.6. The van der Waals surface area contributed by atoms with Crippen LogP contribution in [0.4, 0.5) is 0 Å². The summed E-state index contributed by atoms with van der Waals surface area (Å²) in [4.78, 5) is 13.1. The van der Waals surface area contributed by atoms with E-state index in [1.807, 2.05) is 0 Å². The fourth-order valence-electron chi connectivity index (χ4n) is 1.55. The average Bonchev–Trinajstić information content (AvgIpc) is 2.17. The van der Waals surface area contributed by atoms with Crippen molar-refractivity contribution in [3.8, 4) is 0 Å². The summed E-state index contributed by atoms with van der Waals surface area (Å²) in [6.45, 7) is 8.50. The minimum atomic E-state index is 0.154. The van der Waals surface area contributed by atoms with Crippen LogP contribution in [0.3, 0.4) is 0 Å². The van der Waals surface area contributed by atoms with Crippen molar-refractivity contribution in [1.82, 2.24) is 4.90 Å². The van der Waals surface area contributed by atoms with Crippen LogP contribution >= 0.6 is 0 Å². The molecule has 0 aromatic carbocycles. The van der Waals surface area contributed by atoms with Gasteiger partial charge in [-0.1, -0.05) is 33.6 Å². The van der Waals surface area contributed by atoms with Crippen molar-refractivity contribution >= 4 is 6.29 Å². The molecule has 2 heteroatoms. The number of unbranched alkanes of at least 4 members (excludes halogenated alkanes) is 1. The maximum atomic E-state index is 10.8. The lowest BCUT2D eigenvalue weighted by atomic mass is 10.1. The predicted octanol–water partition coefficient (Wildman–Crippen LogP) is 2.48. The van der Waals surface area contributed by atoms with Crippen LogP contribution in [0.2, 0.25) is 0 Å². The van der Waals surface area contributed by atoms with E-state index in [4.69, 9.17) is 0 Å². The van der Waals surface area contributed by atoms with Crippen molar-refractivity contribution in [1.29, 1.82) is 0 Å². The first-order valence-electron chi connectivity index (χ1n) is 5.49. The van der Waals surface area contributed by atoms with Crippen molar-refractivity contribution in [3.05, 3.63) is 0 Å². The largest absolute Gasteiger partial charge is 0.302 e. The van der Waals surface area contributed by atoms with E-state index in [0.29, 0.717) is 0 Å². The van der Waals surface area contributed by atoms with Crippen LogP contribution in [-0.4, -0.2) is 30.3 Å². The molecular formula is C11H23NO. The molecule has 0 saturated carbocycles. The van der Waals surface area contributed by atoms with Crippen molar-refractivity contribution in [2.24, 2.45) is 0 Å². The van der Waals surface area contributed by atoms with Gasteiger partial charge in [-0.25, -0.2) is 0 Å². The van der Waals surface area contributed by atoms with Crippen LogP contribution in [0, 0.1) is 0 Å². The lowest BCUT2D eigenvalue weighted by Gasteiger charge is -2.26. The molecule has 1 unspecified atom stereocenters. The highest BCUT2D eigenvalue weighted by Gasteiger charge is 2.13. The lowest BCUT2D eigenvalue weighted by molar-refractivity contribution is -0.112. The maximum absolute atomic E-state index is 10.8. The minimum Gasteiger partial charge on any atom is -0.302 e. The summed E-state index contributed by atoms with van der Waals surface area (Å²) >= 11 is 0. The summed E-state index contributed by atoms with van der Waals surface area (Å²) in [5, 5.41) is 0. The van der Waals surface area contributed by atoms with Crippen LogP contribution in [0.5, 0.6) is 0 Å². The minimum absolute atomic E-state index is 0.154. The van der Waals surface area contributed by atoms with Gasteiger partial charge in [0.25, 0.3) is 0 Å². The molecule has 0 bridgehead atoms. The summed E-state index contributed by atoms with van der Waals surface area (Å²) in [5.74, 6) is 0. The first-order chi connectivity index (χ1) is 6.29. The second kappa shape index (κ2) is 8.24. The molecule has 0 fully saturated rings. The van der Waals surface area contributed by atoms with Gasteiger partial charge < -0.3 is 4.79 Å². The number of nitrogens with zero attached hydrogens (tertiary/aromatic N) is 1. The second-order valence-corrected chi connectivity index (χ2v) is 3.47. The second-order valence-electron chi connectivity index (χ2n) is 3.47. The van der Waals surface area contributed by atoms with Crippen molar-refractivity contribution in [3.63, 3.8) is 0 Å². The van der Waals surface area contributed by atoms with E-state index < -0.39 is 0 Å². The third kappa shape index (κ3) is 5.04. The lowest BCUT2D eigenvalue weighted by Crippen LogP contribution is -2.37. The molecule has 0 aliphatic heterocycles. The molecule has 0 rings (SSSR count). The van der Waals surface area contributed by atoms with E-state index in [9.17, 15) is 4.79 Å². The van der Waals surface area contributed by atoms with Gasteiger partial charge in [0, 0.05) is 0 Å². The Morgan fingerprint density at radius 2 is 1.92 bits per heavy atom. The number of rotatable bonds is 8. The molecule has 0 heterocycles. The summed E-state index contributed by atoms with van der Waals surface area (Å²) in [6.07, 6.45) is 5.59. The van der Waals surface area contributed by atoms with Gasteiger partial charge in [0.1, 0.15) is 6.29 Å². The number of carbonyl (C=O) groups excluding carboxylic acids is 1. The summed E-state index contributed by atoms with van der Waals surface area (Å²) in [7, 11) is 0. The summed E-state index contributed by atoms with van der Waals surface area (Å²) < 4.78 is 0. The molecular weight excluding hydrogens is 162 g/mol. The van der Waals surface area contributed by atoms with Gasteiger partial charge in [0.05, 0.1) is 6.04 Å². The van der Waals surface area contributed by atoms with E-state index >= 15 is 0 Å². The van der Waals surface area contributed by atoms with Crippen LogP contribution in [0.25, 0.3) is 0 Å². The Bertz CT molecular complexity index is 125. The smallest absolute Gasteiger partial charge is 0.137 e. The topological polar surface area (TPSA) is 20.3 Å². The number of hydrogen-bond acceptors (Lipinski definition) is 2. The van der Waals surface area contributed by atoms with Gasteiger partial charge in [-0.15, -0.1) is 0 Å². The molecule has 0 radical (unpaired) electrons. The SMILES string of the molecule is CCCCN(CC)C(C=O)CCC. The van der Waals surface area contributed by atoms with Crippen molar-refractivity contribution in [2.45, 2.75) is 52.5 Å². The third-order valence-corrected chi connectivity index (χ3v) is 2.42. The summed E-state index contributed by atoms with van der Waals surface area (Å²) in [6, 6.07) is 0.154. The Balaban J connectivity index is 3.92. The van der Waals surface area contributed by atoms with Gasteiger partial charge >= 0.3 is 0 Å². The van der Waals surface area contributed by atoms with Crippen molar-refractivity contribution < 1.29 is 4.79 Å². The number of carbonyl (C=O) groups is 1. The molecule has 0 amide bonds. The van der Waals surface area contributed by atoms with Crippen LogP contribution in [0.15, 0.2) is 0 Å². The van der Waals surface area contributed by atoms with Gasteiger partial charge in [0.2, 0.25) is 0 Å². The molecule has 0 spiro atoms. The molecule has 2 nitrogen and oxygen atoms in total.